The number of rotatable bonds is 8. The number of methoxy groups -OCH3 is 2. The van der Waals surface area contributed by atoms with E-state index in [9.17, 15) is 18.8 Å². The van der Waals surface area contributed by atoms with Crippen LogP contribution >= 0.6 is 11.3 Å². The number of nitrogens with zero attached hydrogens (tertiary/aromatic N) is 2. The predicted molar refractivity (Wildman–Crippen MR) is 174 cm³/mol. The maximum absolute atomic E-state index is 14.8. The van der Waals surface area contributed by atoms with Gasteiger partial charge < -0.3 is 29.9 Å². The van der Waals surface area contributed by atoms with Crippen LogP contribution in [0.1, 0.15) is 32.8 Å². The van der Waals surface area contributed by atoms with E-state index in [0.717, 1.165) is 10.4 Å². The lowest BCUT2D eigenvalue weighted by molar-refractivity contribution is -0.136. The highest BCUT2D eigenvalue weighted by Gasteiger charge is 2.58. The second-order valence-corrected chi connectivity index (χ2v) is 12.2. The molecule has 2 saturated heterocycles. The average Bonchev–Trinajstić information content (AvgIpc) is 3.76. The lowest BCUT2D eigenvalue weighted by Gasteiger charge is -2.36. The Morgan fingerprint density at radius 3 is 2.09 bits per heavy atom. The SMILES string of the molecule is COc1ccc(C(=O)C2C(c3ccc(OC)cc3)C(C(=O)N3CCNCC3)N(C(=O)Nc3ccc(F)cc3)C2c2cccs2)cc1. The number of hydrogen-bond acceptors (Lipinski definition) is 7. The van der Waals surface area contributed by atoms with Crippen molar-refractivity contribution in [3.63, 3.8) is 0 Å². The summed E-state index contributed by atoms with van der Waals surface area (Å²) in [5, 5.41) is 8.07. The molecular formula is C35H35FN4O5S. The zero-order valence-corrected chi connectivity index (χ0v) is 26.3. The zero-order chi connectivity index (χ0) is 32.2. The molecule has 11 heteroatoms. The minimum atomic E-state index is -1.02. The number of hydrogen-bond donors (Lipinski definition) is 2. The molecule has 2 aliphatic heterocycles. The second-order valence-electron chi connectivity index (χ2n) is 11.2. The number of amides is 3. The quantitative estimate of drug-likeness (QED) is 0.244. The molecule has 3 aromatic carbocycles. The van der Waals surface area contributed by atoms with E-state index in [0.29, 0.717) is 48.9 Å². The molecule has 6 rings (SSSR count). The molecular weight excluding hydrogens is 607 g/mol. The van der Waals surface area contributed by atoms with Crippen molar-refractivity contribution in [1.29, 1.82) is 0 Å². The van der Waals surface area contributed by atoms with Gasteiger partial charge in [-0.3, -0.25) is 9.59 Å². The lowest BCUT2D eigenvalue weighted by Crippen LogP contribution is -2.55. The molecule has 0 aliphatic carbocycles. The summed E-state index contributed by atoms with van der Waals surface area (Å²) >= 11 is 1.43. The molecule has 2 fully saturated rings. The number of carbonyl (C=O) groups is 3. The number of halogens is 1. The van der Waals surface area contributed by atoms with Crippen LogP contribution in [-0.4, -0.2) is 74.0 Å². The van der Waals surface area contributed by atoms with Crippen LogP contribution in [0, 0.1) is 11.7 Å². The Bertz CT molecular complexity index is 1660. The number of urea groups is 1. The molecule has 2 aliphatic rings. The molecule has 238 valence electrons. The Hall–Kier alpha value is -4.74. The molecule has 4 unspecified atom stereocenters. The summed E-state index contributed by atoms with van der Waals surface area (Å²) in [5.74, 6) is -1.15. The highest BCUT2D eigenvalue weighted by molar-refractivity contribution is 7.10. The Kier molecular flexibility index (Phi) is 9.32. The maximum Gasteiger partial charge on any atom is 0.323 e. The zero-order valence-electron chi connectivity index (χ0n) is 25.5. The first-order chi connectivity index (χ1) is 22.4. The van der Waals surface area contributed by atoms with E-state index in [4.69, 9.17) is 9.47 Å². The van der Waals surface area contributed by atoms with E-state index < -0.39 is 35.8 Å². The van der Waals surface area contributed by atoms with E-state index in [-0.39, 0.29) is 11.7 Å². The number of ketones is 1. The number of benzene rings is 3. The van der Waals surface area contributed by atoms with Gasteiger partial charge in [-0.15, -0.1) is 11.3 Å². The third-order valence-electron chi connectivity index (χ3n) is 8.69. The first-order valence-corrected chi connectivity index (χ1v) is 16.0. The minimum absolute atomic E-state index is 0.197. The van der Waals surface area contributed by atoms with Crippen molar-refractivity contribution in [3.8, 4) is 11.5 Å². The van der Waals surface area contributed by atoms with Crippen molar-refractivity contribution in [2.75, 3.05) is 45.7 Å². The number of ether oxygens (including phenoxy) is 2. The second kappa shape index (κ2) is 13.7. The first-order valence-electron chi connectivity index (χ1n) is 15.1. The Balaban J connectivity index is 1.54. The summed E-state index contributed by atoms with van der Waals surface area (Å²) in [7, 11) is 3.13. The van der Waals surface area contributed by atoms with Gasteiger partial charge >= 0.3 is 6.03 Å². The van der Waals surface area contributed by atoms with Gasteiger partial charge in [0.25, 0.3) is 0 Å². The van der Waals surface area contributed by atoms with Crippen LogP contribution in [0.3, 0.4) is 0 Å². The minimum Gasteiger partial charge on any atom is -0.497 e. The van der Waals surface area contributed by atoms with Gasteiger partial charge in [-0.2, -0.15) is 0 Å². The van der Waals surface area contributed by atoms with E-state index in [1.165, 1.54) is 35.6 Å². The predicted octanol–water partition coefficient (Wildman–Crippen LogP) is 5.58. The first kappa shape index (κ1) is 31.3. The largest absolute Gasteiger partial charge is 0.497 e. The van der Waals surface area contributed by atoms with Crippen LogP contribution in [0.5, 0.6) is 11.5 Å². The van der Waals surface area contributed by atoms with Crippen LogP contribution in [0.15, 0.2) is 90.3 Å². The average molecular weight is 643 g/mol. The number of thiophene rings is 1. The summed E-state index contributed by atoms with van der Waals surface area (Å²) in [4.78, 5) is 48.0. The molecule has 2 N–H and O–H groups in total. The fourth-order valence-electron chi connectivity index (χ4n) is 6.47. The van der Waals surface area contributed by atoms with Crippen molar-refractivity contribution >= 4 is 34.7 Å². The molecule has 0 saturated carbocycles. The number of nitrogens with one attached hydrogen (secondary N) is 2. The Labute approximate surface area is 270 Å². The molecule has 4 atom stereocenters. The third-order valence-corrected chi connectivity index (χ3v) is 9.63. The third kappa shape index (κ3) is 6.20. The van der Waals surface area contributed by atoms with Gasteiger partial charge in [-0.25, -0.2) is 9.18 Å². The summed E-state index contributed by atoms with van der Waals surface area (Å²) in [6.07, 6.45) is 0. The summed E-state index contributed by atoms with van der Waals surface area (Å²) < 4.78 is 24.5. The molecule has 9 nitrogen and oxygen atoms in total. The topological polar surface area (TPSA) is 100 Å². The van der Waals surface area contributed by atoms with Crippen molar-refractivity contribution in [3.05, 3.63) is 112 Å². The number of piperazine rings is 1. The van der Waals surface area contributed by atoms with Gasteiger partial charge in [-0.05, 0) is 77.7 Å². The smallest absolute Gasteiger partial charge is 0.323 e. The lowest BCUT2D eigenvalue weighted by atomic mass is 9.77. The fourth-order valence-corrected chi connectivity index (χ4v) is 7.35. The van der Waals surface area contributed by atoms with E-state index in [1.807, 2.05) is 29.6 Å². The number of anilines is 1. The monoisotopic (exact) mass is 642 g/mol. The van der Waals surface area contributed by atoms with Crippen molar-refractivity contribution < 1.29 is 28.2 Å². The van der Waals surface area contributed by atoms with Gasteiger partial charge in [0.05, 0.1) is 26.2 Å². The van der Waals surface area contributed by atoms with Gasteiger partial charge in [0.1, 0.15) is 23.4 Å². The molecule has 0 bridgehead atoms. The van der Waals surface area contributed by atoms with Crippen LogP contribution in [0.25, 0.3) is 0 Å². The number of likely N-dealkylation sites (tertiary alicyclic amines) is 1. The van der Waals surface area contributed by atoms with Crippen molar-refractivity contribution in [1.82, 2.24) is 15.1 Å². The molecule has 46 heavy (non-hydrogen) atoms. The summed E-state index contributed by atoms with van der Waals surface area (Å²) in [5.41, 5.74) is 1.55. The molecule has 1 aromatic heterocycles. The Morgan fingerprint density at radius 1 is 0.870 bits per heavy atom. The van der Waals surface area contributed by atoms with Gasteiger partial charge in [-0.1, -0.05) is 18.2 Å². The molecule has 4 aromatic rings. The van der Waals surface area contributed by atoms with Crippen LogP contribution in [-0.2, 0) is 4.79 Å². The summed E-state index contributed by atoms with van der Waals surface area (Å²) in [6.45, 7) is 2.18. The van der Waals surface area contributed by atoms with Gasteiger partial charge in [0.15, 0.2) is 5.78 Å². The van der Waals surface area contributed by atoms with Crippen LogP contribution < -0.4 is 20.1 Å². The molecule has 3 heterocycles. The van der Waals surface area contributed by atoms with Crippen LogP contribution in [0.2, 0.25) is 0 Å². The van der Waals surface area contributed by atoms with Crippen LogP contribution in [0.4, 0.5) is 14.9 Å². The van der Waals surface area contributed by atoms with E-state index in [1.54, 1.807) is 60.4 Å². The van der Waals surface area contributed by atoms with Crippen molar-refractivity contribution in [2.24, 2.45) is 5.92 Å². The fraction of sp³-hybridized carbons (Fsp3) is 0.286. The number of Topliss-reactive ketones (excluding diaryl/α,β-unsaturated/α-hetero) is 1. The standard InChI is InChI=1S/C35H35FN4O5S/c1-44-26-13-5-22(6-14-26)29-30(33(41)23-7-15-27(45-2)16-8-23)31(28-4-3-21-46-28)40(32(29)34(42)39-19-17-37-18-20-39)35(43)38-25-11-9-24(36)10-12-25/h3-16,21,29-32,37H,17-20H2,1-2H3,(H,38,43). The van der Waals surface area contributed by atoms with Gasteiger partial charge in [0.2, 0.25) is 5.91 Å². The highest BCUT2D eigenvalue weighted by Crippen LogP contribution is 2.53. The molecule has 0 spiro atoms. The maximum atomic E-state index is 14.8. The number of carbonyl (C=O) groups excluding carboxylic acids is 3. The highest BCUT2D eigenvalue weighted by atomic mass is 32.1. The Morgan fingerprint density at radius 2 is 1.50 bits per heavy atom. The molecule has 0 radical (unpaired) electrons. The van der Waals surface area contributed by atoms with Crippen molar-refractivity contribution in [2.45, 2.75) is 18.0 Å². The normalized spacial score (nSPS) is 21.1. The van der Waals surface area contributed by atoms with E-state index >= 15 is 0 Å². The van der Waals surface area contributed by atoms with E-state index in [2.05, 4.69) is 10.6 Å². The van der Waals surface area contributed by atoms with Gasteiger partial charge in [0, 0.05) is 48.2 Å². The molecule has 3 amide bonds. The summed E-state index contributed by atoms with van der Waals surface area (Å²) in [6, 6.07) is 21.1.